The lowest BCUT2D eigenvalue weighted by atomic mass is 9.80. The number of hydrogen-bond donors (Lipinski definition) is 2. The molecule has 7 nitrogen and oxygen atoms in total. The van der Waals surface area contributed by atoms with Gasteiger partial charge in [0.05, 0.1) is 12.6 Å². The second kappa shape index (κ2) is 8.74. The minimum atomic E-state index is -0.443. The topological polar surface area (TPSA) is 83.7 Å². The molecule has 33 heavy (non-hydrogen) atoms. The van der Waals surface area contributed by atoms with E-state index < -0.39 is 5.60 Å². The van der Waals surface area contributed by atoms with Crippen molar-refractivity contribution in [1.82, 2.24) is 15.2 Å². The van der Waals surface area contributed by atoms with E-state index in [0.29, 0.717) is 44.5 Å². The number of likely N-dealkylation sites (tertiary alicyclic amines) is 1. The molecule has 0 aliphatic carbocycles. The number of fused-ring (bicyclic) bond motifs is 2. The smallest absolute Gasteiger partial charge is 0.409 e. The summed E-state index contributed by atoms with van der Waals surface area (Å²) in [5, 5.41) is 4.16. The van der Waals surface area contributed by atoms with Crippen molar-refractivity contribution in [3.05, 3.63) is 64.3 Å². The summed E-state index contributed by atoms with van der Waals surface area (Å²) < 4.78 is 12.6. The predicted molar refractivity (Wildman–Crippen MR) is 128 cm³/mol. The molecule has 0 saturated carbocycles. The van der Waals surface area contributed by atoms with E-state index >= 15 is 0 Å². The summed E-state index contributed by atoms with van der Waals surface area (Å²) >= 11 is 3.55. The maximum Gasteiger partial charge on any atom is 0.409 e. The first-order valence-electron chi connectivity index (χ1n) is 11.3. The standard InChI is InChI=1S/C25H26BrN3O4/c1-2-32-24(31)29-12-9-25(10-13-29)15-21(19-14-16(26)6-7-22(19)33-25)28-23(30)18-4-3-5-20-17(18)8-11-27-20/h3-8,11,14,21,27H,2,9-10,12-13,15H2,1H3,(H,28,30)/t21-/m0/s1. The molecule has 2 aliphatic rings. The molecule has 1 saturated heterocycles. The molecule has 2 amide bonds. The summed E-state index contributed by atoms with van der Waals surface area (Å²) in [5.41, 5.74) is 2.09. The van der Waals surface area contributed by atoms with E-state index in [1.807, 2.05) is 55.6 Å². The minimum absolute atomic E-state index is 0.114. The van der Waals surface area contributed by atoms with Crippen LogP contribution in [0.1, 0.15) is 48.1 Å². The van der Waals surface area contributed by atoms with Gasteiger partial charge in [-0.2, -0.15) is 0 Å². The normalized spacial score (nSPS) is 19.1. The Labute approximate surface area is 200 Å². The van der Waals surface area contributed by atoms with Gasteiger partial charge >= 0.3 is 6.09 Å². The third-order valence-corrected chi connectivity index (χ3v) is 7.09. The molecule has 0 radical (unpaired) electrons. The van der Waals surface area contributed by atoms with Crippen molar-refractivity contribution >= 4 is 38.8 Å². The molecule has 3 heterocycles. The highest BCUT2D eigenvalue weighted by atomic mass is 79.9. The van der Waals surface area contributed by atoms with Gasteiger partial charge in [0, 0.05) is 65.1 Å². The highest BCUT2D eigenvalue weighted by Gasteiger charge is 2.44. The van der Waals surface area contributed by atoms with Crippen molar-refractivity contribution in [3.63, 3.8) is 0 Å². The van der Waals surface area contributed by atoms with E-state index in [0.717, 1.165) is 26.7 Å². The quantitative estimate of drug-likeness (QED) is 0.507. The molecule has 0 bridgehead atoms. The number of carbonyl (C=O) groups excluding carboxylic acids is 2. The van der Waals surface area contributed by atoms with Gasteiger partial charge in [0.1, 0.15) is 11.4 Å². The molecule has 2 aliphatic heterocycles. The average Bonchev–Trinajstić information content (AvgIpc) is 3.29. The predicted octanol–water partition coefficient (Wildman–Crippen LogP) is 5.18. The molecular weight excluding hydrogens is 486 g/mol. The number of amides is 2. The van der Waals surface area contributed by atoms with Gasteiger partial charge in [-0.25, -0.2) is 4.79 Å². The second-order valence-electron chi connectivity index (χ2n) is 8.63. The molecule has 0 unspecified atom stereocenters. The molecule has 5 rings (SSSR count). The summed E-state index contributed by atoms with van der Waals surface area (Å²) in [4.78, 5) is 30.4. The number of piperidine rings is 1. The van der Waals surface area contributed by atoms with Crippen molar-refractivity contribution in [1.29, 1.82) is 0 Å². The van der Waals surface area contributed by atoms with Crippen LogP contribution in [0, 0.1) is 0 Å². The van der Waals surface area contributed by atoms with Crippen LogP contribution in [0.5, 0.6) is 5.75 Å². The van der Waals surface area contributed by atoms with Crippen molar-refractivity contribution in [3.8, 4) is 5.75 Å². The van der Waals surface area contributed by atoms with Crippen LogP contribution >= 0.6 is 15.9 Å². The van der Waals surface area contributed by atoms with E-state index in [1.54, 1.807) is 4.90 Å². The van der Waals surface area contributed by atoms with Gasteiger partial charge in [-0.05, 0) is 43.3 Å². The van der Waals surface area contributed by atoms with E-state index in [-0.39, 0.29) is 18.0 Å². The summed E-state index contributed by atoms with van der Waals surface area (Å²) in [6.45, 7) is 3.30. The van der Waals surface area contributed by atoms with E-state index in [4.69, 9.17) is 9.47 Å². The van der Waals surface area contributed by atoms with Crippen LogP contribution in [-0.2, 0) is 4.74 Å². The number of benzene rings is 2. The zero-order valence-electron chi connectivity index (χ0n) is 18.4. The first-order valence-corrected chi connectivity index (χ1v) is 12.0. The van der Waals surface area contributed by atoms with Crippen LogP contribution in [0.3, 0.4) is 0 Å². The van der Waals surface area contributed by atoms with Gasteiger partial charge in [-0.15, -0.1) is 0 Å². The molecule has 8 heteroatoms. The Morgan fingerprint density at radius 1 is 1.24 bits per heavy atom. The molecule has 1 aromatic heterocycles. The summed E-state index contributed by atoms with van der Waals surface area (Å²) in [7, 11) is 0. The maximum absolute atomic E-state index is 13.4. The molecule has 1 fully saturated rings. The highest BCUT2D eigenvalue weighted by Crippen LogP contribution is 2.45. The lowest BCUT2D eigenvalue weighted by molar-refractivity contribution is -0.0233. The lowest BCUT2D eigenvalue weighted by Crippen LogP contribution is -2.53. The number of hydrogen-bond acceptors (Lipinski definition) is 4. The summed E-state index contributed by atoms with van der Waals surface area (Å²) in [6.07, 6.45) is 3.57. The number of aromatic nitrogens is 1. The van der Waals surface area contributed by atoms with Crippen molar-refractivity contribution in [2.24, 2.45) is 0 Å². The molecule has 2 aromatic carbocycles. The van der Waals surface area contributed by atoms with E-state index in [2.05, 4.69) is 26.2 Å². The Morgan fingerprint density at radius 2 is 2.06 bits per heavy atom. The maximum atomic E-state index is 13.4. The van der Waals surface area contributed by atoms with Crippen LogP contribution in [0.2, 0.25) is 0 Å². The van der Waals surface area contributed by atoms with Crippen LogP contribution in [0.15, 0.2) is 53.1 Å². The van der Waals surface area contributed by atoms with Gasteiger partial charge in [0.25, 0.3) is 5.91 Å². The Bertz CT molecular complexity index is 1200. The largest absolute Gasteiger partial charge is 0.487 e. The van der Waals surface area contributed by atoms with Crippen molar-refractivity contribution in [2.75, 3.05) is 19.7 Å². The lowest BCUT2D eigenvalue weighted by Gasteiger charge is -2.46. The van der Waals surface area contributed by atoms with Gasteiger partial charge in [-0.3, -0.25) is 4.79 Å². The first-order chi connectivity index (χ1) is 16.0. The fraction of sp³-hybridized carbons (Fsp3) is 0.360. The van der Waals surface area contributed by atoms with Crippen LogP contribution in [-0.4, -0.2) is 47.2 Å². The third kappa shape index (κ3) is 4.19. The molecule has 2 N–H and O–H groups in total. The SMILES string of the molecule is CCOC(=O)N1CCC2(CC1)C[C@H](NC(=O)c1cccc3[nH]ccc13)c1cc(Br)ccc1O2. The van der Waals surface area contributed by atoms with Gasteiger partial charge in [-0.1, -0.05) is 22.0 Å². The van der Waals surface area contributed by atoms with E-state index in [9.17, 15) is 9.59 Å². The molecular formula is C25H26BrN3O4. The molecule has 3 aromatic rings. The number of rotatable bonds is 3. The zero-order chi connectivity index (χ0) is 23.0. The van der Waals surface area contributed by atoms with Gasteiger partial charge in [0.2, 0.25) is 0 Å². The Morgan fingerprint density at radius 3 is 2.85 bits per heavy atom. The van der Waals surface area contributed by atoms with Crippen molar-refractivity contribution in [2.45, 2.75) is 37.8 Å². The van der Waals surface area contributed by atoms with Crippen molar-refractivity contribution < 1.29 is 19.1 Å². The Kier molecular flexibility index (Phi) is 5.78. The highest BCUT2D eigenvalue weighted by molar-refractivity contribution is 9.10. The molecule has 172 valence electrons. The fourth-order valence-corrected chi connectivity index (χ4v) is 5.29. The van der Waals surface area contributed by atoms with Crippen LogP contribution in [0.4, 0.5) is 4.79 Å². The number of aromatic amines is 1. The second-order valence-corrected chi connectivity index (χ2v) is 9.54. The molecule has 1 atom stereocenters. The Balaban J connectivity index is 1.41. The van der Waals surface area contributed by atoms with Gasteiger partial charge < -0.3 is 24.7 Å². The summed E-state index contributed by atoms with van der Waals surface area (Å²) in [6, 6.07) is 13.3. The number of ether oxygens (including phenoxy) is 2. The zero-order valence-corrected chi connectivity index (χ0v) is 20.0. The number of nitrogens with one attached hydrogen (secondary N) is 2. The fourth-order valence-electron chi connectivity index (χ4n) is 4.91. The first kappa shape index (κ1) is 21.8. The Hall–Kier alpha value is -3.00. The van der Waals surface area contributed by atoms with Gasteiger partial charge in [0.15, 0.2) is 0 Å². The molecule has 1 spiro atoms. The third-order valence-electron chi connectivity index (χ3n) is 6.60. The average molecular weight is 512 g/mol. The van der Waals surface area contributed by atoms with Crippen LogP contribution < -0.4 is 10.1 Å². The number of H-pyrrole nitrogens is 1. The monoisotopic (exact) mass is 511 g/mol. The minimum Gasteiger partial charge on any atom is -0.487 e. The number of nitrogens with zero attached hydrogens (tertiary/aromatic N) is 1. The number of halogens is 1. The number of carbonyl (C=O) groups is 2. The van der Waals surface area contributed by atoms with E-state index in [1.165, 1.54) is 0 Å². The van der Waals surface area contributed by atoms with Crippen LogP contribution in [0.25, 0.3) is 10.9 Å². The summed E-state index contributed by atoms with van der Waals surface area (Å²) in [5.74, 6) is 0.663.